The van der Waals surface area contributed by atoms with E-state index in [1.807, 2.05) is 0 Å². The standard InChI is InChI=1S/C10H20FN/c1-9(2)10-3-6-12(7-4-10)8-5-11/h9-10H,3-8H2,1-2H3. The Labute approximate surface area is 74.9 Å². The number of piperidine rings is 1. The van der Waals surface area contributed by atoms with Crippen LogP contribution in [0.15, 0.2) is 0 Å². The lowest BCUT2D eigenvalue weighted by molar-refractivity contribution is 0.149. The third-order valence-corrected chi connectivity index (χ3v) is 2.98. The summed E-state index contributed by atoms with van der Waals surface area (Å²) < 4.78 is 12.0. The minimum absolute atomic E-state index is 0.188. The molecule has 0 spiro atoms. The minimum atomic E-state index is -0.188. The van der Waals surface area contributed by atoms with Crippen LogP contribution in [-0.4, -0.2) is 31.2 Å². The third kappa shape index (κ3) is 2.74. The number of hydrogen-bond donors (Lipinski definition) is 0. The van der Waals surface area contributed by atoms with Crippen molar-refractivity contribution in [1.29, 1.82) is 0 Å². The lowest BCUT2D eigenvalue weighted by Crippen LogP contribution is -2.36. The number of nitrogens with zero attached hydrogens (tertiary/aromatic N) is 1. The Morgan fingerprint density at radius 1 is 1.33 bits per heavy atom. The van der Waals surface area contributed by atoms with E-state index in [2.05, 4.69) is 18.7 Å². The van der Waals surface area contributed by atoms with Gasteiger partial charge in [0.05, 0.1) is 0 Å². The zero-order valence-electron chi connectivity index (χ0n) is 8.22. The summed E-state index contributed by atoms with van der Waals surface area (Å²) in [6.45, 7) is 7.24. The molecule has 72 valence electrons. The van der Waals surface area contributed by atoms with Gasteiger partial charge in [0.15, 0.2) is 0 Å². The molecule has 1 nitrogen and oxygen atoms in total. The van der Waals surface area contributed by atoms with E-state index in [0.29, 0.717) is 6.54 Å². The lowest BCUT2D eigenvalue weighted by Gasteiger charge is -2.33. The van der Waals surface area contributed by atoms with E-state index in [-0.39, 0.29) is 6.67 Å². The highest BCUT2D eigenvalue weighted by molar-refractivity contribution is 4.73. The van der Waals surface area contributed by atoms with Crippen molar-refractivity contribution >= 4 is 0 Å². The zero-order chi connectivity index (χ0) is 8.97. The predicted molar refractivity (Wildman–Crippen MR) is 50.0 cm³/mol. The molecule has 0 aromatic heterocycles. The van der Waals surface area contributed by atoms with E-state index in [9.17, 15) is 4.39 Å². The first kappa shape index (κ1) is 9.97. The fourth-order valence-electron chi connectivity index (χ4n) is 1.96. The topological polar surface area (TPSA) is 3.24 Å². The molecule has 1 aliphatic rings. The van der Waals surface area contributed by atoms with E-state index >= 15 is 0 Å². The summed E-state index contributed by atoms with van der Waals surface area (Å²) in [5, 5.41) is 0. The fraction of sp³-hybridized carbons (Fsp3) is 1.00. The molecule has 0 N–H and O–H groups in total. The van der Waals surface area contributed by atoms with Crippen molar-refractivity contribution in [2.75, 3.05) is 26.3 Å². The molecule has 12 heavy (non-hydrogen) atoms. The van der Waals surface area contributed by atoms with Crippen LogP contribution in [0.4, 0.5) is 4.39 Å². The SMILES string of the molecule is CC(C)C1CCN(CCF)CC1. The van der Waals surface area contributed by atoms with Gasteiger partial charge in [-0.15, -0.1) is 0 Å². The summed E-state index contributed by atoms with van der Waals surface area (Å²) in [6.07, 6.45) is 2.52. The monoisotopic (exact) mass is 173 g/mol. The molecule has 0 atom stereocenters. The molecule has 0 radical (unpaired) electrons. The average Bonchev–Trinajstić information content (AvgIpc) is 2.06. The zero-order valence-corrected chi connectivity index (χ0v) is 8.22. The maximum Gasteiger partial charge on any atom is 0.102 e. The number of hydrogen-bond acceptors (Lipinski definition) is 1. The van der Waals surface area contributed by atoms with Crippen LogP contribution >= 0.6 is 0 Å². The van der Waals surface area contributed by atoms with E-state index in [0.717, 1.165) is 24.9 Å². The van der Waals surface area contributed by atoms with E-state index in [1.54, 1.807) is 0 Å². The Morgan fingerprint density at radius 3 is 2.33 bits per heavy atom. The highest BCUT2D eigenvalue weighted by Gasteiger charge is 2.20. The van der Waals surface area contributed by atoms with Crippen molar-refractivity contribution in [3.8, 4) is 0 Å². The maximum atomic E-state index is 12.0. The first-order valence-corrected chi connectivity index (χ1v) is 5.02. The largest absolute Gasteiger partial charge is 0.301 e. The van der Waals surface area contributed by atoms with Crippen LogP contribution < -0.4 is 0 Å². The molecule has 0 saturated carbocycles. The Balaban J connectivity index is 2.20. The molecule has 0 amide bonds. The lowest BCUT2D eigenvalue weighted by atomic mass is 9.87. The molecule has 1 heterocycles. The second-order valence-electron chi connectivity index (χ2n) is 4.11. The van der Waals surface area contributed by atoms with Gasteiger partial charge < -0.3 is 4.90 Å². The van der Waals surface area contributed by atoms with E-state index in [4.69, 9.17) is 0 Å². The molecule has 1 fully saturated rings. The molecular weight excluding hydrogens is 153 g/mol. The molecule has 2 heteroatoms. The second kappa shape index (κ2) is 4.80. The van der Waals surface area contributed by atoms with Crippen LogP contribution in [0.5, 0.6) is 0 Å². The van der Waals surface area contributed by atoms with Gasteiger partial charge in [-0.2, -0.15) is 0 Å². The molecular formula is C10H20FN. The summed E-state index contributed by atoms with van der Waals surface area (Å²) in [4.78, 5) is 2.24. The van der Waals surface area contributed by atoms with Crippen molar-refractivity contribution in [1.82, 2.24) is 4.90 Å². The molecule has 1 rings (SSSR count). The van der Waals surface area contributed by atoms with Crippen LogP contribution in [-0.2, 0) is 0 Å². The summed E-state index contributed by atoms with van der Waals surface area (Å²) in [6, 6.07) is 0. The average molecular weight is 173 g/mol. The number of rotatable bonds is 3. The summed E-state index contributed by atoms with van der Waals surface area (Å²) >= 11 is 0. The van der Waals surface area contributed by atoms with Crippen LogP contribution in [0, 0.1) is 11.8 Å². The number of likely N-dealkylation sites (tertiary alicyclic amines) is 1. The van der Waals surface area contributed by atoms with Gasteiger partial charge in [0.1, 0.15) is 6.67 Å². The van der Waals surface area contributed by atoms with E-state index in [1.165, 1.54) is 12.8 Å². The normalized spacial score (nSPS) is 22.0. The van der Waals surface area contributed by atoms with Gasteiger partial charge in [-0.3, -0.25) is 0 Å². The van der Waals surface area contributed by atoms with Gasteiger partial charge in [0.2, 0.25) is 0 Å². The molecule has 0 aromatic rings. The third-order valence-electron chi connectivity index (χ3n) is 2.98. The van der Waals surface area contributed by atoms with Gasteiger partial charge in [0, 0.05) is 6.54 Å². The van der Waals surface area contributed by atoms with Gasteiger partial charge in [-0.25, -0.2) is 4.39 Å². The van der Waals surface area contributed by atoms with Gasteiger partial charge in [0.25, 0.3) is 0 Å². The number of alkyl halides is 1. The maximum absolute atomic E-state index is 12.0. The number of halogens is 1. The van der Waals surface area contributed by atoms with E-state index < -0.39 is 0 Å². The molecule has 1 aliphatic heterocycles. The second-order valence-corrected chi connectivity index (χ2v) is 4.11. The minimum Gasteiger partial charge on any atom is -0.301 e. The van der Waals surface area contributed by atoms with Crippen LogP contribution in [0.25, 0.3) is 0 Å². The van der Waals surface area contributed by atoms with Crippen LogP contribution in [0.2, 0.25) is 0 Å². The highest BCUT2D eigenvalue weighted by Crippen LogP contribution is 2.23. The van der Waals surface area contributed by atoms with Crippen LogP contribution in [0.1, 0.15) is 26.7 Å². The highest BCUT2D eigenvalue weighted by atomic mass is 19.1. The fourth-order valence-corrected chi connectivity index (χ4v) is 1.96. The Kier molecular flexibility index (Phi) is 3.99. The summed E-state index contributed by atoms with van der Waals surface area (Å²) in [7, 11) is 0. The Hall–Kier alpha value is -0.110. The Morgan fingerprint density at radius 2 is 1.92 bits per heavy atom. The first-order chi connectivity index (χ1) is 5.74. The van der Waals surface area contributed by atoms with Gasteiger partial charge >= 0.3 is 0 Å². The summed E-state index contributed by atoms with van der Waals surface area (Å²) in [5.74, 6) is 1.68. The Bertz CT molecular complexity index is 117. The molecule has 1 saturated heterocycles. The van der Waals surface area contributed by atoms with Gasteiger partial charge in [-0.1, -0.05) is 13.8 Å². The van der Waals surface area contributed by atoms with Crippen LogP contribution in [0.3, 0.4) is 0 Å². The van der Waals surface area contributed by atoms with Crippen molar-refractivity contribution in [2.24, 2.45) is 11.8 Å². The van der Waals surface area contributed by atoms with Crippen molar-refractivity contribution in [2.45, 2.75) is 26.7 Å². The molecule has 0 unspecified atom stereocenters. The molecule has 0 bridgehead atoms. The molecule has 0 aliphatic carbocycles. The van der Waals surface area contributed by atoms with Crippen molar-refractivity contribution in [3.05, 3.63) is 0 Å². The predicted octanol–water partition coefficient (Wildman–Crippen LogP) is 2.32. The quantitative estimate of drug-likeness (QED) is 0.633. The van der Waals surface area contributed by atoms with Crippen molar-refractivity contribution < 1.29 is 4.39 Å². The van der Waals surface area contributed by atoms with Gasteiger partial charge in [-0.05, 0) is 37.8 Å². The first-order valence-electron chi connectivity index (χ1n) is 5.02. The van der Waals surface area contributed by atoms with Crippen molar-refractivity contribution in [3.63, 3.8) is 0 Å². The molecule has 0 aromatic carbocycles. The summed E-state index contributed by atoms with van der Waals surface area (Å²) in [5.41, 5.74) is 0. The smallest absolute Gasteiger partial charge is 0.102 e.